The van der Waals surface area contributed by atoms with Gasteiger partial charge in [0.1, 0.15) is 11.4 Å². The molecule has 0 unspecified atom stereocenters. The zero-order valence-electron chi connectivity index (χ0n) is 11.5. The Bertz CT molecular complexity index is 551. The zero-order chi connectivity index (χ0) is 15.2. The molecule has 2 heterocycles. The highest BCUT2D eigenvalue weighted by atomic mass is 19.4. The molecule has 0 amide bonds. The molecular formula is C13H16F3N3O2. The average Bonchev–Trinajstić information content (AvgIpc) is 3.16. The summed E-state index contributed by atoms with van der Waals surface area (Å²) in [7, 11) is 0. The van der Waals surface area contributed by atoms with Gasteiger partial charge in [0, 0.05) is 6.04 Å². The Morgan fingerprint density at radius 3 is 2.81 bits per heavy atom. The van der Waals surface area contributed by atoms with E-state index in [1.54, 1.807) is 6.92 Å². The van der Waals surface area contributed by atoms with E-state index in [0.717, 1.165) is 23.7 Å². The van der Waals surface area contributed by atoms with E-state index in [9.17, 15) is 18.0 Å². The molecule has 3 rings (SSSR count). The number of fused-ring (bicyclic) bond motifs is 1. The minimum Gasteiger partial charge on any atom is -0.462 e. The van der Waals surface area contributed by atoms with Crippen molar-refractivity contribution < 1.29 is 22.7 Å². The van der Waals surface area contributed by atoms with Crippen molar-refractivity contribution in [2.45, 2.75) is 44.4 Å². The van der Waals surface area contributed by atoms with Gasteiger partial charge >= 0.3 is 12.1 Å². The Labute approximate surface area is 119 Å². The molecule has 1 aromatic heterocycles. The van der Waals surface area contributed by atoms with Gasteiger partial charge < -0.3 is 10.1 Å². The maximum absolute atomic E-state index is 13.2. The molecule has 0 aromatic carbocycles. The van der Waals surface area contributed by atoms with E-state index in [1.165, 1.54) is 0 Å². The van der Waals surface area contributed by atoms with E-state index >= 15 is 0 Å². The number of anilines is 1. The van der Waals surface area contributed by atoms with Crippen molar-refractivity contribution in [3.05, 3.63) is 11.8 Å². The maximum atomic E-state index is 13.2. The van der Waals surface area contributed by atoms with Crippen molar-refractivity contribution in [1.29, 1.82) is 0 Å². The lowest BCUT2D eigenvalue weighted by atomic mass is 9.99. The molecule has 1 saturated carbocycles. The van der Waals surface area contributed by atoms with Crippen LogP contribution in [0.15, 0.2) is 6.20 Å². The van der Waals surface area contributed by atoms with Crippen LogP contribution in [-0.4, -0.2) is 34.6 Å². The number of nitrogens with one attached hydrogen (secondary N) is 1. The van der Waals surface area contributed by atoms with Crippen LogP contribution in [0.1, 0.15) is 42.6 Å². The van der Waals surface area contributed by atoms with E-state index in [1.807, 2.05) is 0 Å². The fourth-order valence-electron chi connectivity index (χ4n) is 2.76. The van der Waals surface area contributed by atoms with Gasteiger partial charge in [-0.25, -0.2) is 9.48 Å². The van der Waals surface area contributed by atoms with Crippen LogP contribution in [0.25, 0.3) is 0 Å². The van der Waals surface area contributed by atoms with Crippen molar-refractivity contribution in [2.24, 2.45) is 5.92 Å². The predicted octanol–water partition coefficient (Wildman–Crippen LogP) is 2.76. The molecule has 2 aliphatic rings. The van der Waals surface area contributed by atoms with E-state index in [-0.39, 0.29) is 36.4 Å². The molecular weight excluding hydrogens is 287 g/mol. The van der Waals surface area contributed by atoms with Crippen molar-refractivity contribution in [3.63, 3.8) is 0 Å². The molecule has 1 fully saturated rings. The Morgan fingerprint density at radius 2 is 2.24 bits per heavy atom. The first-order chi connectivity index (χ1) is 9.91. The molecule has 0 radical (unpaired) electrons. The second-order valence-corrected chi connectivity index (χ2v) is 5.45. The van der Waals surface area contributed by atoms with Gasteiger partial charge in [-0.05, 0) is 32.1 Å². The molecule has 0 spiro atoms. The predicted molar refractivity (Wildman–Crippen MR) is 68.0 cm³/mol. The third-order valence-electron chi connectivity index (χ3n) is 3.95. The third-order valence-corrected chi connectivity index (χ3v) is 3.95. The number of halogens is 3. The minimum atomic E-state index is -4.39. The van der Waals surface area contributed by atoms with Gasteiger partial charge in [0.05, 0.1) is 12.8 Å². The number of carbonyl (C=O) groups is 1. The number of hydrogen-bond acceptors (Lipinski definition) is 4. The lowest BCUT2D eigenvalue weighted by Gasteiger charge is -2.33. The van der Waals surface area contributed by atoms with Crippen LogP contribution in [0.4, 0.5) is 19.0 Å². The summed E-state index contributed by atoms with van der Waals surface area (Å²) in [5.74, 6) is -0.281. The number of esters is 1. The summed E-state index contributed by atoms with van der Waals surface area (Å²) in [6.45, 7) is 1.81. The fraction of sp³-hybridized carbons (Fsp3) is 0.692. The summed E-state index contributed by atoms with van der Waals surface area (Å²) in [6, 6.07) is -1.96. The first kappa shape index (κ1) is 14.2. The van der Waals surface area contributed by atoms with Gasteiger partial charge in [-0.1, -0.05) is 0 Å². The van der Waals surface area contributed by atoms with Crippen LogP contribution in [0.2, 0.25) is 0 Å². The molecule has 21 heavy (non-hydrogen) atoms. The summed E-state index contributed by atoms with van der Waals surface area (Å²) in [5, 5.41) is 6.80. The van der Waals surface area contributed by atoms with Crippen LogP contribution in [-0.2, 0) is 4.74 Å². The molecule has 5 nitrogen and oxygen atoms in total. The second kappa shape index (κ2) is 4.92. The molecule has 1 aliphatic carbocycles. The molecule has 8 heteroatoms. The quantitative estimate of drug-likeness (QED) is 0.872. The summed E-state index contributed by atoms with van der Waals surface area (Å²) in [6.07, 6.45) is -1.45. The van der Waals surface area contributed by atoms with Crippen LogP contribution < -0.4 is 5.32 Å². The van der Waals surface area contributed by atoms with Gasteiger partial charge in [-0.3, -0.25) is 0 Å². The van der Waals surface area contributed by atoms with E-state index < -0.39 is 18.2 Å². The highest BCUT2D eigenvalue weighted by Crippen LogP contribution is 2.46. The van der Waals surface area contributed by atoms with Crippen LogP contribution in [0.3, 0.4) is 0 Å². The van der Waals surface area contributed by atoms with Gasteiger partial charge in [-0.2, -0.15) is 18.3 Å². The number of ether oxygens (including phenoxy) is 1. The summed E-state index contributed by atoms with van der Waals surface area (Å²) < 4.78 is 45.4. The Morgan fingerprint density at radius 1 is 1.52 bits per heavy atom. The lowest BCUT2D eigenvalue weighted by molar-refractivity contribution is -0.174. The van der Waals surface area contributed by atoms with Crippen LogP contribution in [0, 0.1) is 5.92 Å². The molecule has 2 atom stereocenters. The number of nitrogens with zero attached hydrogens (tertiary/aromatic N) is 2. The topological polar surface area (TPSA) is 56.1 Å². The number of carbonyl (C=O) groups excluding carboxylic acids is 1. The van der Waals surface area contributed by atoms with Gasteiger partial charge in [0.25, 0.3) is 0 Å². The molecule has 1 aromatic rings. The minimum absolute atomic E-state index is 0.0505. The summed E-state index contributed by atoms with van der Waals surface area (Å²) in [5.41, 5.74) is 0.0662. The summed E-state index contributed by atoms with van der Waals surface area (Å²) >= 11 is 0. The van der Waals surface area contributed by atoms with E-state index in [0.29, 0.717) is 0 Å². The molecule has 0 saturated heterocycles. The number of hydrogen-bond donors (Lipinski definition) is 1. The normalized spacial score (nSPS) is 25.1. The lowest BCUT2D eigenvalue weighted by Crippen LogP contribution is -2.40. The maximum Gasteiger partial charge on any atom is 0.410 e. The number of rotatable bonds is 3. The Balaban J connectivity index is 1.97. The van der Waals surface area contributed by atoms with Crippen LogP contribution in [0.5, 0.6) is 0 Å². The highest BCUT2D eigenvalue weighted by molar-refractivity contribution is 5.94. The summed E-state index contributed by atoms with van der Waals surface area (Å²) in [4.78, 5) is 11.8. The number of alkyl halides is 3. The van der Waals surface area contributed by atoms with Crippen LogP contribution >= 0.6 is 0 Å². The molecule has 116 valence electrons. The fourth-order valence-corrected chi connectivity index (χ4v) is 2.76. The van der Waals surface area contributed by atoms with E-state index in [2.05, 4.69) is 10.4 Å². The highest BCUT2D eigenvalue weighted by Gasteiger charge is 2.49. The van der Waals surface area contributed by atoms with Crippen molar-refractivity contribution >= 4 is 11.8 Å². The van der Waals surface area contributed by atoms with Gasteiger partial charge in [-0.15, -0.1) is 0 Å². The first-order valence-corrected chi connectivity index (χ1v) is 6.99. The first-order valence-electron chi connectivity index (χ1n) is 6.99. The van der Waals surface area contributed by atoms with Crippen molar-refractivity contribution in [2.75, 3.05) is 11.9 Å². The largest absolute Gasteiger partial charge is 0.462 e. The van der Waals surface area contributed by atoms with Gasteiger partial charge in [0.2, 0.25) is 0 Å². The standard InChI is InChI=1S/C13H16F3N3O2/c1-2-21-12(20)8-6-17-19-10(13(14,15)16)5-9(7-3-4-7)18-11(8)19/h6-7,9-10,18H,2-5H2,1H3/t9-,10-/m1/s1. The molecule has 0 bridgehead atoms. The second-order valence-electron chi connectivity index (χ2n) is 5.45. The Hall–Kier alpha value is -1.73. The zero-order valence-corrected chi connectivity index (χ0v) is 11.5. The molecule has 1 N–H and O–H groups in total. The average molecular weight is 303 g/mol. The number of aromatic nitrogens is 2. The molecule has 1 aliphatic heterocycles. The van der Waals surface area contributed by atoms with Gasteiger partial charge in [0.15, 0.2) is 6.04 Å². The SMILES string of the molecule is CCOC(=O)c1cnn2c1N[C@@H](C1CC1)C[C@@H]2C(F)(F)F. The van der Waals surface area contributed by atoms with E-state index in [4.69, 9.17) is 4.74 Å². The van der Waals surface area contributed by atoms with Crippen molar-refractivity contribution in [3.8, 4) is 0 Å². The Kier molecular flexibility index (Phi) is 3.33. The smallest absolute Gasteiger partial charge is 0.410 e. The monoisotopic (exact) mass is 303 g/mol. The third kappa shape index (κ3) is 2.58. The van der Waals surface area contributed by atoms with Crippen molar-refractivity contribution in [1.82, 2.24) is 9.78 Å².